The molecule has 0 atom stereocenters. The Kier molecular flexibility index (Phi) is 3.59. The fourth-order valence-corrected chi connectivity index (χ4v) is 2.97. The minimum Gasteiger partial charge on any atom is -0.382 e. The molecular weight excluding hydrogens is 264 g/mol. The zero-order valence-corrected chi connectivity index (χ0v) is 11.6. The molecular formula is C12H16N4O2S. The van der Waals surface area contributed by atoms with Gasteiger partial charge in [-0.05, 0) is 19.1 Å². The normalized spacial score (nSPS) is 11.7. The number of nitrogens with two attached hydrogens (primary N) is 1. The molecule has 0 saturated heterocycles. The SMILES string of the molecule is CCNS(=O)(=O)c1ccccc1-n1cc(C)c(N)n1. The van der Waals surface area contributed by atoms with Crippen molar-refractivity contribution in [2.75, 3.05) is 12.3 Å². The third kappa shape index (κ3) is 2.61. The predicted molar refractivity (Wildman–Crippen MR) is 73.6 cm³/mol. The van der Waals surface area contributed by atoms with E-state index >= 15 is 0 Å². The lowest BCUT2D eigenvalue weighted by Gasteiger charge is -2.10. The molecule has 0 aliphatic heterocycles. The van der Waals surface area contributed by atoms with Crippen LogP contribution in [0.5, 0.6) is 0 Å². The van der Waals surface area contributed by atoms with Crippen molar-refractivity contribution >= 4 is 15.8 Å². The molecule has 0 aliphatic rings. The van der Waals surface area contributed by atoms with E-state index < -0.39 is 10.0 Å². The van der Waals surface area contributed by atoms with Gasteiger partial charge in [0.25, 0.3) is 0 Å². The van der Waals surface area contributed by atoms with Crippen LogP contribution in [0.4, 0.5) is 5.82 Å². The number of nitrogen functional groups attached to an aromatic ring is 1. The Hall–Kier alpha value is -1.86. The van der Waals surface area contributed by atoms with E-state index in [0.717, 1.165) is 5.56 Å². The Bertz CT molecular complexity index is 672. The second kappa shape index (κ2) is 5.02. The number of aromatic nitrogens is 2. The standard InChI is InChI=1S/C12H16N4O2S/c1-3-14-19(17,18)11-7-5-4-6-10(11)16-8-9(2)12(13)15-16/h4-8,14H,3H2,1-2H3,(H2,13,15). The third-order valence-corrected chi connectivity index (χ3v) is 4.26. The van der Waals surface area contributed by atoms with Gasteiger partial charge in [0, 0.05) is 18.3 Å². The van der Waals surface area contributed by atoms with Crippen molar-refractivity contribution in [3.63, 3.8) is 0 Å². The Morgan fingerprint density at radius 3 is 2.63 bits per heavy atom. The summed E-state index contributed by atoms with van der Waals surface area (Å²) in [6, 6.07) is 6.66. The van der Waals surface area contributed by atoms with Gasteiger partial charge in [-0.2, -0.15) is 5.10 Å². The second-order valence-corrected chi connectivity index (χ2v) is 5.85. The first-order chi connectivity index (χ1) is 8.95. The molecule has 2 aromatic rings. The van der Waals surface area contributed by atoms with Crippen molar-refractivity contribution in [2.24, 2.45) is 0 Å². The average molecular weight is 280 g/mol. The first-order valence-corrected chi connectivity index (χ1v) is 7.35. The van der Waals surface area contributed by atoms with Crippen LogP contribution in [-0.4, -0.2) is 24.7 Å². The summed E-state index contributed by atoms with van der Waals surface area (Å²) in [5, 5.41) is 4.12. The van der Waals surface area contributed by atoms with Crippen molar-refractivity contribution < 1.29 is 8.42 Å². The van der Waals surface area contributed by atoms with Crippen molar-refractivity contribution in [1.29, 1.82) is 0 Å². The lowest BCUT2D eigenvalue weighted by molar-refractivity contribution is 0.583. The maximum atomic E-state index is 12.1. The van der Waals surface area contributed by atoms with E-state index in [2.05, 4.69) is 9.82 Å². The molecule has 0 spiro atoms. The summed E-state index contributed by atoms with van der Waals surface area (Å²) in [6.07, 6.45) is 1.70. The smallest absolute Gasteiger partial charge is 0.242 e. The topological polar surface area (TPSA) is 90.0 Å². The summed E-state index contributed by atoms with van der Waals surface area (Å²) < 4.78 is 28.2. The molecule has 2 rings (SSSR count). The van der Waals surface area contributed by atoms with Crippen molar-refractivity contribution in [3.8, 4) is 5.69 Å². The molecule has 1 aromatic carbocycles. The summed E-state index contributed by atoms with van der Waals surface area (Å²) in [7, 11) is -3.54. The molecule has 0 unspecified atom stereocenters. The third-order valence-electron chi connectivity index (χ3n) is 2.67. The minimum atomic E-state index is -3.54. The lowest BCUT2D eigenvalue weighted by atomic mass is 10.3. The molecule has 0 radical (unpaired) electrons. The Labute approximate surface area is 112 Å². The molecule has 19 heavy (non-hydrogen) atoms. The molecule has 3 N–H and O–H groups in total. The van der Waals surface area contributed by atoms with Gasteiger partial charge in [-0.3, -0.25) is 0 Å². The van der Waals surface area contributed by atoms with E-state index in [0.29, 0.717) is 18.1 Å². The van der Waals surface area contributed by atoms with Crippen LogP contribution in [-0.2, 0) is 10.0 Å². The number of rotatable bonds is 4. The number of nitrogens with zero attached hydrogens (tertiary/aromatic N) is 2. The summed E-state index contributed by atoms with van der Waals surface area (Å²) in [4.78, 5) is 0.180. The van der Waals surface area contributed by atoms with Gasteiger partial charge < -0.3 is 5.73 Å². The van der Waals surface area contributed by atoms with Gasteiger partial charge in [0.2, 0.25) is 10.0 Å². The fourth-order valence-electron chi connectivity index (χ4n) is 1.74. The number of para-hydroxylation sites is 1. The molecule has 1 aromatic heterocycles. The molecule has 0 saturated carbocycles. The summed E-state index contributed by atoms with van der Waals surface area (Å²) in [5.41, 5.74) is 6.98. The van der Waals surface area contributed by atoms with Gasteiger partial charge in [0.05, 0.1) is 5.69 Å². The van der Waals surface area contributed by atoms with Crippen LogP contribution in [0.3, 0.4) is 0 Å². The van der Waals surface area contributed by atoms with Crippen molar-refractivity contribution in [2.45, 2.75) is 18.7 Å². The molecule has 1 heterocycles. The molecule has 0 bridgehead atoms. The summed E-state index contributed by atoms with van der Waals surface area (Å²) in [5.74, 6) is 0.385. The minimum absolute atomic E-state index is 0.180. The first kappa shape index (κ1) is 13.6. The number of hydrogen-bond donors (Lipinski definition) is 2. The van der Waals surface area contributed by atoms with E-state index in [-0.39, 0.29) is 4.90 Å². The van der Waals surface area contributed by atoms with E-state index in [1.165, 1.54) is 4.68 Å². The number of hydrogen-bond acceptors (Lipinski definition) is 4. The predicted octanol–water partition coefficient (Wildman–Crippen LogP) is 1.06. The second-order valence-electron chi connectivity index (χ2n) is 4.11. The van der Waals surface area contributed by atoms with Gasteiger partial charge in [0.1, 0.15) is 10.7 Å². The van der Waals surface area contributed by atoms with Crippen molar-refractivity contribution in [1.82, 2.24) is 14.5 Å². The van der Waals surface area contributed by atoms with Crippen LogP contribution in [0.15, 0.2) is 35.4 Å². The van der Waals surface area contributed by atoms with Crippen LogP contribution in [0.1, 0.15) is 12.5 Å². The van der Waals surface area contributed by atoms with Crippen LogP contribution in [0.25, 0.3) is 5.69 Å². The lowest BCUT2D eigenvalue weighted by Crippen LogP contribution is -2.24. The summed E-state index contributed by atoms with van der Waals surface area (Å²) in [6.45, 7) is 3.88. The van der Waals surface area contributed by atoms with E-state index in [4.69, 9.17) is 5.73 Å². The largest absolute Gasteiger partial charge is 0.382 e. The highest BCUT2D eigenvalue weighted by atomic mass is 32.2. The Morgan fingerprint density at radius 2 is 2.05 bits per heavy atom. The number of benzene rings is 1. The maximum Gasteiger partial charge on any atom is 0.242 e. The van der Waals surface area contributed by atoms with Crippen LogP contribution in [0.2, 0.25) is 0 Å². The molecule has 0 amide bonds. The highest BCUT2D eigenvalue weighted by Crippen LogP contribution is 2.21. The zero-order chi connectivity index (χ0) is 14.0. The molecule has 7 heteroatoms. The fraction of sp³-hybridized carbons (Fsp3) is 0.250. The number of sulfonamides is 1. The number of anilines is 1. The quantitative estimate of drug-likeness (QED) is 0.876. The van der Waals surface area contributed by atoms with Gasteiger partial charge in [-0.25, -0.2) is 17.8 Å². The van der Waals surface area contributed by atoms with Gasteiger partial charge >= 0.3 is 0 Å². The number of aryl methyl sites for hydroxylation is 1. The van der Waals surface area contributed by atoms with Crippen LogP contribution >= 0.6 is 0 Å². The zero-order valence-electron chi connectivity index (χ0n) is 10.8. The van der Waals surface area contributed by atoms with Crippen LogP contribution < -0.4 is 10.5 Å². The monoisotopic (exact) mass is 280 g/mol. The Morgan fingerprint density at radius 1 is 1.37 bits per heavy atom. The molecule has 102 valence electrons. The Balaban J connectivity index is 2.59. The van der Waals surface area contributed by atoms with E-state index in [9.17, 15) is 8.42 Å². The van der Waals surface area contributed by atoms with Gasteiger partial charge in [0.15, 0.2) is 0 Å². The van der Waals surface area contributed by atoms with E-state index in [1.54, 1.807) is 37.4 Å². The van der Waals surface area contributed by atoms with E-state index in [1.807, 2.05) is 6.92 Å². The molecule has 0 fully saturated rings. The maximum absolute atomic E-state index is 12.1. The van der Waals surface area contributed by atoms with Gasteiger partial charge in [-0.1, -0.05) is 19.1 Å². The summed E-state index contributed by atoms with van der Waals surface area (Å²) >= 11 is 0. The number of nitrogens with one attached hydrogen (secondary N) is 1. The van der Waals surface area contributed by atoms with Crippen LogP contribution in [0, 0.1) is 6.92 Å². The highest BCUT2D eigenvalue weighted by Gasteiger charge is 2.18. The average Bonchev–Trinajstić information content (AvgIpc) is 2.69. The molecule has 0 aliphatic carbocycles. The van der Waals surface area contributed by atoms with Crippen molar-refractivity contribution in [3.05, 3.63) is 36.0 Å². The highest BCUT2D eigenvalue weighted by molar-refractivity contribution is 7.89. The molecule has 6 nitrogen and oxygen atoms in total. The first-order valence-electron chi connectivity index (χ1n) is 5.86. The van der Waals surface area contributed by atoms with Gasteiger partial charge in [-0.15, -0.1) is 0 Å².